The molecule has 0 bridgehead atoms. The zero-order chi connectivity index (χ0) is 27.3. The molecule has 0 N–H and O–H groups in total. The zero-order valence-corrected chi connectivity index (χ0v) is 24.7. The average Bonchev–Trinajstić information content (AvgIpc) is 3.80. The standard InChI is InChI=1S/C37H28S3/c1-3-5-12-26(4-2)32-17-20-35(38-32)29-23-30(36-21-18-33(39-36)27-13-8-6-9-14-27)25-31(24-29)37-22-19-34(40-37)28-15-10-7-11-16-28/h3-25H,1H2,2H3/b12-5-,26-4+. The quantitative estimate of drug-likeness (QED) is 0.160. The summed E-state index contributed by atoms with van der Waals surface area (Å²) in [6.07, 6.45) is 8.10. The van der Waals surface area contributed by atoms with Crippen LogP contribution in [0, 0.1) is 0 Å². The summed E-state index contributed by atoms with van der Waals surface area (Å²) in [5.74, 6) is 0. The number of thiophene rings is 3. The monoisotopic (exact) mass is 568 g/mol. The normalized spacial score (nSPS) is 11.8. The maximum atomic E-state index is 3.82. The third-order valence-corrected chi connectivity index (χ3v) is 10.3. The molecule has 3 aromatic heterocycles. The van der Waals surface area contributed by atoms with E-state index in [4.69, 9.17) is 0 Å². The molecule has 0 saturated heterocycles. The molecule has 0 unspecified atom stereocenters. The molecule has 0 fully saturated rings. The number of benzene rings is 3. The van der Waals surface area contributed by atoms with Gasteiger partial charge >= 0.3 is 0 Å². The minimum Gasteiger partial charge on any atom is -0.135 e. The maximum Gasteiger partial charge on any atom is 0.0349 e. The van der Waals surface area contributed by atoms with Crippen molar-refractivity contribution in [3.8, 4) is 52.2 Å². The summed E-state index contributed by atoms with van der Waals surface area (Å²) in [5, 5.41) is 0. The fraction of sp³-hybridized carbons (Fsp3) is 0.0270. The van der Waals surface area contributed by atoms with E-state index in [1.807, 2.05) is 46.2 Å². The Morgan fingerprint density at radius 1 is 0.525 bits per heavy atom. The molecular formula is C37H28S3. The Morgan fingerprint density at radius 2 is 0.950 bits per heavy atom. The summed E-state index contributed by atoms with van der Waals surface area (Å²) in [5.41, 5.74) is 7.48. The van der Waals surface area contributed by atoms with Crippen LogP contribution in [0.3, 0.4) is 0 Å². The Bertz CT molecular complexity index is 1710. The molecule has 0 aliphatic carbocycles. The first-order valence-electron chi connectivity index (χ1n) is 13.2. The van der Waals surface area contributed by atoms with E-state index in [9.17, 15) is 0 Å². The van der Waals surface area contributed by atoms with Gasteiger partial charge in [-0.2, -0.15) is 0 Å². The molecule has 0 aliphatic rings. The molecular weight excluding hydrogens is 541 g/mol. The molecule has 6 rings (SSSR count). The van der Waals surface area contributed by atoms with Crippen LogP contribution in [0.15, 0.2) is 146 Å². The lowest BCUT2D eigenvalue weighted by atomic mass is 10.0. The zero-order valence-electron chi connectivity index (χ0n) is 22.2. The molecule has 0 amide bonds. The van der Waals surface area contributed by atoms with Gasteiger partial charge in [0.05, 0.1) is 0 Å². The van der Waals surface area contributed by atoms with Gasteiger partial charge in [-0.3, -0.25) is 0 Å². The minimum atomic E-state index is 1.21. The van der Waals surface area contributed by atoms with Gasteiger partial charge in [0.2, 0.25) is 0 Å². The Hall–Kier alpha value is -4.02. The molecule has 3 aromatic carbocycles. The number of rotatable bonds is 8. The van der Waals surface area contributed by atoms with Crippen LogP contribution in [0.4, 0.5) is 0 Å². The second-order valence-electron chi connectivity index (χ2n) is 9.36. The molecule has 40 heavy (non-hydrogen) atoms. The lowest BCUT2D eigenvalue weighted by Crippen LogP contribution is -1.81. The van der Waals surface area contributed by atoms with Gasteiger partial charge in [-0.1, -0.05) is 91.5 Å². The van der Waals surface area contributed by atoms with Crippen molar-refractivity contribution in [2.75, 3.05) is 0 Å². The topological polar surface area (TPSA) is 0 Å². The van der Waals surface area contributed by atoms with Crippen LogP contribution in [-0.2, 0) is 0 Å². The maximum absolute atomic E-state index is 3.82. The summed E-state index contributed by atoms with van der Waals surface area (Å²) in [7, 11) is 0. The summed E-state index contributed by atoms with van der Waals surface area (Å²) >= 11 is 5.54. The van der Waals surface area contributed by atoms with Crippen LogP contribution in [0.25, 0.3) is 57.8 Å². The fourth-order valence-electron chi connectivity index (χ4n) is 4.70. The van der Waals surface area contributed by atoms with Crippen molar-refractivity contribution in [2.45, 2.75) is 6.92 Å². The van der Waals surface area contributed by atoms with Gasteiger partial charge in [0, 0.05) is 29.3 Å². The Morgan fingerprint density at radius 3 is 1.40 bits per heavy atom. The largest absolute Gasteiger partial charge is 0.135 e. The Labute approximate surface area is 248 Å². The fourth-order valence-corrected chi connectivity index (χ4v) is 7.74. The van der Waals surface area contributed by atoms with E-state index in [0.717, 1.165) is 0 Å². The lowest BCUT2D eigenvalue weighted by Gasteiger charge is -2.08. The summed E-state index contributed by atoms with van der Waals surface area (Å²) in [4.78, 5) is 7.66. The molecule has 0 spiro atoms. The van der Waals surface area contributed by atoms with E-state index in [1.165, 1.54) is 62.7 Å². The van der Waals surface area contributed by atoms with E-state index in [-0.39, 0.29) is 0 Å². The highest BCUT2D eigenvalue weighted by Crippen LogP contribution is 2.42. The molecule has 0 nitrogen and oxygen atoms in total. The van der Waals surface area contributed by atoms with Crippen molar-refractivity contribution in [3.05, 3.63) is 151 Å². The number of hydrogen-bond acceptors (Lipinski definition) is 3. The average molecular weight is 569 g/mol. The van der Waals surface area contributed by atoms with Crippen LogP contribution in [0.5, 0.6) is 0 Å². The van der Waals surface area contributed by atoms with E-state index >= 15 is 0 Å². The van der Waals surface area contributed by atoms with Gasteiger partial charge < -0.3 is 0 Å². The predicted octanol–water partition coefficient (Wildman–Crippen LogP) is 12.4. The first-order chi connectivity index (χ1) is 19.7. The first-order valence-corrected chi connectivity index (χ1v) is 15.7. The number of hydrogen-bond donors (Lipinski definition) is 0. The highest BCUT2D eigenvalue weighted by atomic mass is 32.1. The molecule has 3 heteroatoms. The predicted molar refractivity (Wildman–Crippen MR) is 180 cm³/mol. The van der Waals surface area contributed by atoms with Crippen LogP contribution < -0.4 is 0 Å². The smallest absolute Gasteiger partial charge is 0.0349 e. The van der Waals surface area contributed by atoms with Gasteiger partial charge in [0.15, 0.2) is 0 Å². The van der Waals surface area contributed by atoms with Crippen molar-refractivity contribution in [3.63, 3.8) is 0 Å². The van der Waals surface area contributed by atoms with Crippen LogP contribution in [0.2, 0.25) is 0 Å². The molecule has 6 aromatic rings. The Kier molecular flexibility index (Phi) is 7.87. The van der Waals surface area contributed by atoms with Crippen molar-refractivity contribution >= 4 is 39.6 Å². The van der Waals surface area contributed by atoms with Gasteiger partial charge in [-0.15, -0.1) is 34.0 Å². The number of allylic oxidation sites excluding steroid dienone is 5. The van der Waals surface area contributed by atoms with Crippen LogP contribution >= 0.6 is 34.0 Å². The molecule has 0 radical (unpaired) electrons. The minimum absolute atomic E-state index is 1.21. The van der Waals surface area contributed by atoms with Crippen molar-refractivity contribution < 1.29 is 0 Å². The summed E-state index contributed by atoms with van der Waals surface area (Å²) in [6.45, 7) is 5.91. The molecule has 3 heterocycles. The van der Waals surface area contributed by atoms with E-state index in [1.54, 1.807) is 0 Å². The van der Waals surface area contributed by atoms with E-state index < -0.39 is 0 Å². The summed E-state index contributed by atoms with van der Waals surface area (Å²) in [6, 6.07) is 41.8. The molecule has 194 valence electrons. The summed E-state index contributed by atoms with van der Waals surface area (Å²) < 4.78 is 0. The van der Waals surface area contributed by atoms with Gasteiger partial charge in [0.25, 0.3) is 0 Å². The van der Waals surface area contributed by atoms with Gasteiger partial charge in [0.1, 0.15) is 0 Å². The van der Waals surface area contributed by atoms with E-state index in [2.05, 4.69) is 141 Å². The third kappa shape index (κ3) is 5.64. The SMILES string of the molecule is C=C/C=C\C(=C/C)c1ccc(-c2cc(-c3ccc(-c4ccccc4)s3)cc(-c3ccc(-c4ccccc4)s3)c2)s1. The molecule has 0 saturated carbocycles. The van der Waals surface area contributed by atoms with Crippen molar-refractivity contribution in [1.29, 1.82) is 0 Å². The highest BCUT2D eigenvalue weighted by Gasteiger charge is 2.14. The Balaban J connectivity index is 1.44. The van der Waals surface area contributed by atoms with Crippen LogP contribution in [0.1, 0.15) is 11.8 Å². The first kappa shape index (κ1) is 26.2. The van der Waals surface area contributed by atoms with E-state index in [0.29, 0.717) is 0 Å². The van der Waals surface area contributed by atoms with Crippen LogP contribution in [-0.4, -0.2) is 0 Å². The third-order valence-electron chi connectivity index (χ3n) is 6.73. The highest BCUT2D eigenvalue weighted by molar-refractivity contribution is 7.19. The van der Waals surface area contributed by atoms with Crippen molar-refractivity contribution in [2.24, 2.45) is 0 Å². The molecule has 0 atom stereocenters. The van der Waals surface area contributed by atoms with Gasteiger partial charge in [-0.05, 0) is 94.9 Å². The second kappa shape index (κ2) is 12.0. The molecule has 0 aliphatic heterocycles. The lowest BCUT2D eigenvalue weighted by molar-refractivity contribution is 1.67. The second-order valence-corrected chi connectivity index (χ2v) is 12.6. The van der Waals surface area contributed by atoms with Crippen molar-refractivity contribution in [1.82, 2.24) is 0 Å². The van der Waals surface area contributed by atoms with Gasteiger partial charge in [-0.25, -0.2) is 0 Å².